The number of rotatable bonds is 2. The summed E-state index contributed by atoms with van der Waals surface area (Å²) in [6.07, 6.45) is 8.30. The van der Waals surface area contributed by atoms with Gasteiger partial charge < -0.3 is 10.2 Å². The van der Waals surface area contributed by atoms with Gasteiger partial charge in [-0.2, -0.15) is 0 Å². The Morgan fingerprint density at radius 1 is 1.20 bits per heavy atom. The highest BCUT2D eigenvalue weighted by atomic mass is 16.2. The Labute approximate surface area is 121 Å². The smallest absolute Gasteiger partial charge is 0.254 e. The first-order valence-electron chi connectivity index (χ1n) is 7.90. The van der Waals surface area contributed by atoms with Gasteiger partial charge in [-0.15, -0.1) is 0 Å². The molecule has 3 heteroatoms. The highest BCUT2D eigenvalue weighted by Crippen LogP contribution is 2.28. The first kappa shape index (κ1) is 13.5. The van der Waals surface area contributed by atoms with Crippen LogP contribution < -0.4 is 5.32 Å². The van der Waals surface area contributed by atoms with E-state index in [-0.39, 0.29) is 5.91 Å². The van der Waals surface area contributed by atoms with E-state index >= 15 is 0 Å². The van der Waals surface area contributed by atoms with Crippen molar-refractivity contribution >= 4 is 11.6 Å². The zero-order chi connectivity index (χ0) is 13.9. The molecule has 1 aliphatic carbocycles. The number of hydrogen-bond donors (Lipinski definition) is 1. The predicted octanol–water partition coefficient (Wildman–Crippen LogP) is 3.45. The van der Waals surface area contributed by atoms with E-state index in [0.29, 0.717) is 6.04 Å². The summed E-state index contributed by atoms with van der Waals surface area (Å²) in [5.74, 6) is 0.206. The van der Waals surface area contributed by atoms with Gasteiger partial charge in [-0.05, 0) is 43.4 Å². The lowest BCUT2D eigenvalue weighted by Gasteiger charge is -2.32. The van der Waals surface area contributed by atoms with E-state index < -0.39 is 0 Å². The molecule has 0 unspecified atom stereocenters. The number of carbonyl (C=O) groups excluding carboxylic acids is 1. The SMILES string of the molecule is CN(C(=O)c1cccc2c1CCCN2)C1CCCCC1. The Morgan fingerprint density at radius 2 is 2.00 bits per heavy atom. The molecule has 108 valence electrons. The highest BCUT2D eigenvalue weighted by Gasteiger charge is 2.25. The van der Waals surface area contributed by atoms with Crippen LogP contribution in [-0.2, 0) is 6.42 Å². The van der Waals surface area contributed by atoms with Crippen LogP contribution >= 0.6 is 0 Å². The van der Waals surface area contributed by atoms with E-state index in [1.54, 1.807) is 0 Å². The van der Waals surface area contributed by atoms with E-state index in [9.17, 15) is 4.79 Å². The number of nitrogens with one attached hydrogen (secondary N) is 1. The van der Waals surface area contributed by atoms with E-state index in [2.05, 4.69) is 11.4 Å². The third kappa shape index (κ3) is 2.54. The van der Waals surface area contributed by atoms with E-state index in [4.69, 9.17) is 0 Å². The van der Waals surface area contributed by atoms with Gasteiger partial charge in [0, 0.05) is 30.9 Å². The van der Waals surface area contributed by atoms with Crippen LogP contribution in [-0.4, -0.2) is 30.4 Å². The van der Waals surface area contributed by atoms with Gasteiger partial charge in [0.15, 0.2) is 0 Å². The Balaban J connectivity index is 1.83. The molecule has 0 saturated heterocycles. The van der Waals surface area contributed by atoms with Crippen molar-refractivity contribution in [2.24, 2.45) is 0 Å². The first-order valence-corrected chi connectivity index (χ1v) is 7.90. The molecule has 3 nitrogen and oxygen atoms in total. The summed E-state index contributed by atoms with van der Waals surface area (Å²) < 4.78 is 0. The number of nitrogens with zero attached hydrogens (tertiary/aromatic N) is 1. The fourth-order valence-corrected chi connectivity index (χ4v) is 3.53. The number of amides is 1. The molecule has 0 spiro atoms. The summed E-state index contributed by atoms with van der Waals surface area (Å²) in [7, 11) is 1.98. The van der Waals surface area contributed by atoms with Crippen molar-refractivity contribution < 1.29 is 4.79 Å². The zero-order valence-electron chi connectivity index (χ0n) is 12.3. The standard InChI is InChI=1S/C17H24N2O/c1-19(13-7-3-2-4-8-13)17(20)15-9-5-11-16-14(15)10-6-12-18-16/h5,9,11,13,18H,2-4,6-8,10,12H2,1H3. The van der Waals surface area contributed by atoms with Gasteiger partial charge in [-0.3, -0.25) is 4.79 Å². The molecule has 2 aliphatic rings. The molecule has 1 heterocycles. The van der Waals surface area contributed by atoms with Crippen LogP contribution in [0.15, 0.2) is 18.2 Å². The maximum Gasteiger partial charge on any atom is 0.254 e. The Kier molecular flexibility index (Phi) is 3.95. The summed E-state index contributed by atoms with van der Waals surface area (Å²) in [5.41, 5.74) is 3.27. The van der Waals surface area contributed by atoms with Crippen LogP contribution in [0.5, 0.6) is 0 Å². The molecule has 1 N–H and O–H groups in total. The van der Waals surface area contributed by atoms with E-state index in [0.717, 1.165) is 43.5 Å². The summed E-state index contributed by atoms with van der Waals surface area (Å²) in [5, 5.41) is 3.41. The fourth-order valence-electron chi connectivity index (χ4n) is 3.53. The number of carbonyl (C=O) groups is 1. The lowest BCUT2D eigenvalue weighted by atomic mass is 9.92. The molecule has 1 aromatic rings. The van der Waals surface area contributed by atoms with Gasteiger partial charge in [0.05, 0.1) is 0 Å². The van der Waals surface area contributed by atoms with Crippen molar-refractivity contribution in [1.82, 2.24) is 4.90 Å². The molecule has 1 aromatic carbocycles. The second-order valence-corrected chi connectivity index (χ2v) is 6.07. The minimum Gasteiger partial charge on any atom is -0.385 e. The summed E-state index contributed by atoms with van der Waals surface area (Å²) in [6.45, 7) is 1.02. The monoisotopic (exact) mass is 272 g/mol. The molecule has 1 saturated carbocycles. The predicted molar refractivity (Wildman–Crippen MR) is 82.2 cm³/mol. The second-order valence-electron chi connectivity index (χ2n) is 6.07. The quantitative estimate of drug-likeness (QED) is 0.894. The molecule has 0 bridgehead atoms. The van der Waals surface area contributed by atoms with Gasteiger partial charge >= 0.3 is 0 Å². The summed E-state index contributed by atoms with van der Waals surface area (Å²) >= 11 is 0. The zero-order valence-corrected chi connectivity index (χ0v) is 12.3. The van der Waals surface area contributed by atoms with Gasteiger partial charge in [0.2, 0.25) is 0 Å². The van der Waals surface area contributed by atoms with Gasteiger partial charge in [-0.1, -0.05) is 25.3 Å². The maximum atomic E-state index is 12.8. The molecular formula is C17H24N2O. The van der Waals surface area contributed by atoms with E-state index in [1.807, 2.05) is 24.1 Å². The van der Waals surface area contributed by atoms with Crippen LogP contribution in [0, 0.1) is 0 Å². The van der Waals surface area contributed by atoms with Crippen LogP contribution in [0.4, 0.5) is 5.69 Å². The molecule has 3 rings (SSSR count). The van der Waals surface area contributed by atoms with Crippen LogP contribution in [0.2, 0.25) is 0 Å². The average Bonchev–Trinajstić information content (AvgIpc) is 2.54. The van der Waals surface area contributed by atoms with Crippen molar-refractivity contribution in [3.05, 3.63) is 29.3 Å². The second kappa shape index (κ2) is 5.86. The van der Waals surface area contributed by atoms with Crippen molar-refractivity contribution in [1.29, 1.82) is 0 Å². The maximum absolute atomic E-state index is 12.8. The largest absolute Gasteiger partial charge is 0.385 e. The minimum atomic E-state index is 0.206. The molecule has 1 fully saturated rings. The molecule has 1 amide bonds. The number of benzene rings is 1. The molecule has 1 aliphatic heterocycles. The lowest BCUT2D eigenvalue weighted by Crippen LogP contribution is -2.38. The normalized spacial score (nSPS) is 19.1. The molecule has 20 heavy (non-hydrogen) atoms. The van der Waals surface area contributed by atoms with Crippen LogP contribution in [0.1, 0.15) is 54.4 Å². The first-order chi connectivity index (χ1) is 9.77. The number of anilines is 1. The Hall–Kier alpha value is -1.51. The van der Waals surface area contributed by atoms with Crippen molar-refractivity contribution in [3.8, 4) is 0 Å². The van der Waals surface area contributed by atoms with E-state index in [1.165, 1.54) is 24.8 Å². The van der Waals surface area contributed by atoms with Crippen molar-refractivity contribution in [3.63, 3.8) is 0 Å². The molecule has 0 radical (unpaired) electrons. The molecule has 0 aromatic heterocycles. The minimum absolute atomic E-state index is 0.206. The van der Waals surface area contributed by atoms with Crippen molar-refractivity contribution in [2.45, 2.75) is 51.0 Å². The van der Waals surface area contributed by atoms with Crippen LogP contribution in [0.25, 0.3) is 0 Å². The number of hydrogen-bond acceptors (Lipinski definition) is 2. The van der Waals surface area contributed by atoms with Crippen LogP contribution in [0.3, 0.4) is 0 Å². The molecular weight excluding hydrogens is 248 g/mol. The van der Waals surface area contributed by atoms with Gasteiger partial charge in [0.25, 0.3) is 5.91 Å². The Bertz CT molecular complexity index is 492. The van der Waals surface area contributed by atoms with Gasteiger partial charge in [-0.25, -0.2) is 0 Å². The lowest BCUT2D eigenvalue weighted by molar-refractivity contribution is 0.0695. The highest BCUT2D eigenvalue weighted by molar-refractivity contribution is 5.97. The number of fused-ring (bicyclic) bond motifs is 1. The average molecular weight is 272 g/mol. The van der Waals surface area contributed by atoms with Gasteiger partial charge in [0.1, 0.15) is 0 Å². The fraction of sp³-hybridized carbons (Fsp3) is 0.588. The topological polar surface area (TPSA) is 32.3 Å². The summed E-state index contributed by atoms with van der Waals surface area (Å²) in [6, 6.07) is 6.52. The third-order valence-electron chi connectivity index (χ3n) is 4.77. The summed E-state index contributed by atoms with van der Waals surface area (Å²) in [4.78, 5) is 14.8. The molecule has 0 atom stereocenters. The third-order valence-corrected chi connectivity index (χ3v) is 4.77. The Morgan fingerprint density at radius 3 is 2.80 bits per heavy atom. The van der Waals surface area contributed by atoms with Crippen molar-refractivity contribution in [2.75, 3.05) is 18.9 Å².